The van der Waals surface area contributed by atoms with Gasteiger partial charge in [-0.05, 0) is 36.8 Å². The summed E-state index contributed by atoms with van der Waals surface area (Å²) >= 11 is 12.6. The van der Waals surface area contributed by atoms with E-state index in [9.17, 15) is 5.11 Å². The average molecular weight is 417 g/mol. The van der Waals surface area contributed by atoms with E-state index in [1.807, 2.05) is 30.3 Å². The molecule has 0 spiro atoms. The van der Waals surface area contributed by atoms with Crippen LogP contribution in [0.4, 0.5) is 5.82 Å². The predicted molar refractivity (Wildman–Crippen MR) is 115 cm³/mol. The van der Waals surface area contributed by atoms with Gasteiger partial charge in [-0.25, -0.2) is 9.97 Å². The molecule has 0 bridgehead atoms. The molecule has 1 aliphatic rings. The van der Waals surface area contributed by atoms with Crippen LogP contribution in [-0.2, 0) is 0 Å². The Kier molecular flexibility index (Phi) is 5.69. The van der Waals surface area contributed by atoms with Crippen molar-refractivity contribution in [1.82, 2.24) is 14.9 Å². The van der Waals surface area contributed by atoms with Crippen molar-refractivity contribution >= 4 is 39.9 Å². The second-order valence-electron chi connectivity index (χ2n) is 7.11. The summed E-state index contributed by atoms with van der Waals surface area (Å²) in [4.78, 5) is 13.6. The lowest BCUT2D eigenvalue weighted by Crippen LogP contribution is -2.52. The number of piperazine rings is 1. The number of hydrogen-bond acceptors (Lipinski definition) is 5. The summed E-state index contributed by atoms with van der Waals surface area (Å²) in [7, 11) is 0. The van der Waals surface area contributed by atoms with E-state index in [-0.39, 0.29) is 6.61 Å². The number of halogens is 2. The highest BCUT2D eigenvalue weighted by Crippen LogP contribution is 2.35. The molecular weight excluding hydrogens is 395 g/mol. The van der Waals surface area contributed by atoms with E-state index >= 15 is 0 Å². The van der Waals surface area contributed by atoms with Gasteiger partial charge in [0.1, 0.15) is 12.1 Å². The number of aliphatic hydroxyl groups excluding tert-OH is 1. The molecule has 4 rings (SSSR count). The van der Waals surface area contributed by atoms with Crippen molar-refractivity contribution in [3.63, 3.8) is 0 Å². The third kappa shape index (κ3) is 3.80. The molecule has 0 radical (unpaired) electrons. The van der Waals surface area contributed by atoms with Gasteiger partial charge in [-0.2, -0.15) is 0 Å². The van der Waals surface area contributed by atoms with Gasteiger partial charge in [0.25, 0.3) is 0 Å². The minimum Gasteiger partial charge on any atom is -0.395 e. The molecule has 146 valence electrons. The fraction of sp³-hybridized carbons (Fsp3) is 0.333. The van der Waals surface area contributed by atoms with Gasteiger partial charge < -0.3 is 10.0 Å². The minimum atomic E-state index is 0.184. The maximum absolute atomic E-state index is 9.25. The molecule has 5 nitrogen and oxygen atoms in total. The van der Waals surface area contributed by atoms with E-state index in [0.717, 1.165) is 47.5 Å². The molecule has 1 aliphatic heterocycles. The van der Waals surface area contributed by atoms with Crippen LogP contribution >= 0.6 is 23.2 Å². The van der Waals surface area contributed by atoms with Crippen LogP contribution in [0.3, 0.4) is 0 Å². The summed E-state index contributed by atoms with van der Waals surface area (Å²) in [5, 5.41) is 11.6. The molecule has 1 fully saturated rings. The highest BCUT2D eigenvalue weighted by Gasteiger charge is 2.25. The van der Waals surface area contributed by atoms with Gasteiger partial charge in [-0.15, -0.1) is 0 Å². The summed E-state index contributed by atoms with van der Waals surface area (Å²) < 4.78 is 0. The molecule has 1 atom stereocenters. The maximum Gasteiger partial charge on any atom is 0.140 e. The summed E-state index contributed by atoms with van der Waals surface area (Å²) in [5.74, 6) is 0.923. The van der Waals surface area contributed by atoms with Crippen molar-refractivity contribution in [3.8, 4) is 11.1 Å². The number of aliphatic hydroxyl groups is 1. The SMILES string of the molecule is CC1CN(c2ncnc3cc(Cl)c(-c4ccc(Cl)cc4)cc23)CCN1CCO. The van der Waals surface area contributed by atoms with E-state index in [1.54, 1.807) is 6.33 Å². The van der Waals surface area contributed by atoms with Gasteiger partial charge >= 0.3 is 0 Å². The van der Waals surface area contributed by atoms with E-state index in [1.165, 1.54) is 0 Å². The number of fused-ring (bicyclic) bond motifs is 1. The van der Waals surface area contributed by atoms with Crippen molar-refractivity contribution < 1.29 is 5.11 Å². The van der Waals surface area contributed by atoms with Crippen LogP contribution in [0.25, 0.3) is 22.0 Å². The molecule has 2 aromatic carbocycles. The zero-order chi connectivity index (χ0) is 19.7. The highest BCUT2D eigenvalue weighted by molar-refractivity contribution is 6.34. The molecule has 2 heterocycles. The minimum absolute atomic E-state index is 0.184. The fourth-order valence-corrected chi connectivity index (χ4v) is 4.21. The van der Waals surface area contributed by atoms with Crippen molar-refractivity contribution in [1.29, 1.82) is 0 Å². The average Bonchev–Trinajstić information content (AvgIpc) is 2.69. The Morgan fingerprint density at radius 2 is 1.89 bits per heavy atom. The number of rotatable bonds is 4. The van der Waals surface area contributed by atoms with Crippen molar-refractivity contribution in [2.24, 2.45) is 0 Å². The summed E-state index contributed by atoms with van der Waals surface area (Å²) in [6, 6.07) is 12.0. The maximum atomic E-state index is 9.25. The van der Waals surface area contributed by atoms with Gasteiger partial charge in [-0.1, -0.05) is 35.3 Å². The predicted octanol–water partition coefficient (Wildman–Crippen LogP) is 4.11. The third-order valence-corrected chi connectivity index (χ3v) is 5.87. The number of anilines is 1. The van der Waals surface area contributed by atoms with E-state index < -0.39 is 0 Å². The number of aromatic nitrogens is 2. The Morgan fingerprint density at radius 3 is 2.61 bits per heavy atom. The van der Waals surface area contributed by atoms with Gasteiger partial charge in [0.15, 0.2) is 0 Å². The van der Waals surface area contributed by atoms with Crippen LogP contribution in [0.5, 0.6) is 0 Å². The van der Waals surface area contributed by atoms with Gasteiger partial charge in [0, 0.05) is 48.2 Å². The van der Waals surface area contributed by atoms with Crippen LogP contribution in [-0.4, -0.2) is 58.8 Å². The largest absolute Gasteiger partial charge is 0.395 e. The Bertz CT molecular complexity index is 980. The smallest absolute Gasteiger partial charge is 0.140 e. The van der Waals surface area contributed by atoms with Gasteiger partial charge in [-0.3, -0.25) is 4.90 Å². The molecule has 0 amide bonds. The Labute approximate surface area is 174 Å². The molecule has 1 aromatic heterocycles. The summed E-state index contributed by atoms with van der Waals surface area (Å²) in [5.41, 5.74) is 2.78. The normalized spacial score (nSPS) is 18.0. The second kappa shape index (κ2) is 8.21. The van der Waals surface area contributed by atoms with Gasteiger partial charge in [0.05, 0.1) is 17.1 Å². The number of benzene rings is 2. The first-order chi connectivity index (χ1) is 13.6. The molecular formula is C21H22Cl2N4O. The first kappa shape index (κ1) is 19.4. The lowest BCUT2D eigenvalue weighted by molar-refractivity contribution is 0.146. The molecule has 0 aliphatic carbocycles. The Balaban J connectivity index is 1.73. The molecule has 1 unspecified atom stereocenters. The van der Waals surface area contributed by atoms with Crippen LogP contribution in [0.15, 0.2) is 42.7 Å². The molecule has 0 saturated carbocycles. The zero-order valence-electron chi connectivity index (χ0n) is 15.6. The lowest BCUT2D eigenvalue weighted by atomic mass is 10.0. The van der Waals surface area contributed by atoms with Crippen molar-refractivity contribution in [2.45, 2.75) is 13.0 Å². The Morgan fingerprint density at radius 1 is 1.11 bits per heavy atom. The van der Waals surface area contributed by atoms with Crippen LogP contribution in [0.2, 0.25) is 10.0 Å². The number of β-amino-alcohol motifs (C(OH)–C–C–N with tert-alkyl or cyclic N) is 1. The molecule has 3 aromatic rings. The first-order valence-electron chi connectivity index (χ1n) is 9.37. The quantitative estimate of drug-likeness (QED) is 0.693. The Hall–Kier alpha value is -1.92. The third-order valence-electron chi connectivity index (χ3n) is 5.31. The molecule has 28 heavy (non-hydrogen) atoms. The fourth-order valence-electron chi connectivity index (χ4n) is 3.81. The van der Waals surface area contributed by atoms with E-state index in [0.29, 0.717) is 22.6 Å². The van der Waals surface area contributed by atoms with Crippen LogP contribution < -0.4 is 4.90 Å². The van der Waals surface area contributed by atoms with Crippen LogP contribution in [0.1, 0.15) is 6.92 Å². The van der Waals surface area contributed by atoms with E-state index in [4.69, 9.17) is 23.2 Å². The lowest BCUT2D eigenvalue weighted by Gasteiger charge is -2.40. The van der Waals surface area contributed by atoms with Crippen LogP contribution in [0, 0.1) is 0 Å². The van der Waals surface area contributed by atoms with Gasteiger partial charge in [0.2, 0.25) is 0 Å². The first-order valence-corrected chi connectivity index (χ1v) is 10.1. The monoisotopic (exact) mass is 416 g/mol. The highest BCUT2D eigenvalue weighted by atomic mass is 35.5. The van der Waals surface area contributed by atoms with E-state index in [2.05, 4.69) is 32.8 Å². The molecule has 7 heteroatoms. The summed E-state index contributed by atoms with van der Waals surface area (Å²) in [6.07, 6.45) is 1.60. The van der Waals surface area contributed by atoms with Crippen molar-refractivity contribution in [2.75, 3.05) is 37.7 Å². The summed E-state index contributed by atoms with van der Waals surface area (Å²) in [6.45, 7) is 5.67. The topological polar surface area (TPSA) is 52.5 Å². The zero-order valence-corrected chi connectivity index (χ0v) is 17.2. The van der Waals surface area contributed by atoms with Crippen molar-refractivity contribution in [3.05, 3.63) is 52.8 Å². The number of hydrogen-bond donors (Lipinski definition) is 1. The molecule has 1 N–H and O–H groups in total. The molecule has 1 saturated heterocycles. The second-order valence-corrected chi connectivity index (χ2v) is 7.95. The number of nitrogens with zero attached hydrogens (tertiary/aromatic N) is 4. The standard InChI is InChI=1S/C21H22Cl2N4O/c1-14-12-27(7-6-26(14)8-9-28)21-18-10-17(15-2-4-16(22)5-3-15)19(23)11-20(18)24-13-25-21/h2-5,10-11,13-14,28H,6-9,12H2,1H3.